The first kappa shape index (κ1) is 29.5. The van der Waals surface area contributed by atoms with Gasteiger partial charge in [0.05, 0.1) is 33.4 Å². The lowest BCUT2D eigenvalue weighted by Gasteiger charge is -2.34. The smallest absolute Gasteiger partial charge is 0.149 e. The second-order valence-electron chi connectivity index (χ2n) is 15.9. The Morgan fingerprint density at radius 1 is 0.870 bits per heavy atom. The molecule has 238 valence electrons. The largest absolute Gasteiger partial charge is 0.455 e. The van der Waals surface area contributed by atoms with Crippen LogP contribution in [0.2, 0.25) is 0 Å². The maximum Gasteiger partial charge on any atom is 0.149 e. The van der Waals surface area contributed by atoms with E-state index >= 15 is 0 Å². The predicted molar refractivity (Wildman–Crippen MR) is 193 cm³/mol. The number of rotatable bonds is 5. The van der Waals surface area contributed by atoms with Crippen molar-refractivity contribution in [2.75, 3.05) is 0 Å². The summed E-state index contributed by atoms with van der Waals surface area (Å²) in [6.07, 6.45) is 3.67. The van der Waals surface area contributed by atoms with Crippen LogP contribution in [0.15, 0.2) is 71.1 Å². The van der Waals surface area contributed by atoms with Gasteiger partial charge < -0.3 is 4.42 Å². The second-order valence-corrected chi connectivity index (χ2v) is 15.9. The van der Waals surface area contributed by atoms with Gasteiger partial charge in [-0.05, 0) is 72.3 Å². The standard InChI is InChI=1S/C42H49N3O/c1-25(2)28-14-12-15-29(26(3)4)37(28)45-34-19-11-10-18-32(34)44-40(45)31-17-13-16-30-36-35(46-38(30)31)24-33(43-39(36)41(5,6)7)27-20-22-42(8,9)23-21-27/h10-19,24-27H,20-23H2,1-9H3/i27D. The zero-order chi connectivity index (χ0) is 33.5. The summed E-state index contributed by atoms with van der Waals surface area (Å²) in [6, 6.07) is 23.7. The lowest BCUT2D eigenvalue weighted by atomic mass is 9.72. The number of furan rings is 1. The Bertz CT molecular complexity index is 2100. The second kappa shape index (κ2) is 11.1. The van der Waals surface area contributed by atoms with Gasteiger partial charge in [-0.25, -0.2) is 4.98 Å². The molecule has 1 aliphatic carbocycles. The van der Waals surface area contributed by atoms with Crippen LogP contribution in [0, 0.1) is 5.41 Å². The molecule has 0 radical (unpaired) electrons. The molecular formula is C42H49N3O. The molecule has 0 bridgehead atoms. The van der Waals surface area contributed by atoms with E-state index < -0.39 is 5.89 Å². The molecular weight excluding hydrogens is 562 g/mol. The van der Waals surface area contributed by atoms with Crippen molar-refractivity contribution in [3.05, 3.63) is 89.2 Å². The molecule has 0 spiro atoms. The Kier molecular flexibility index (Phi) is 7.12. The van der Waals surface area contributed by atoms with Crippen LogP contribution in [-0.4, -0.2) is 14.5 Å². The Hall–Kier alpha value is -3.92. The highest BCUT2D eigenvalue weighted by Gasteiger charge is 2.32. The summed E-state index contributed by atoms with van der Waals surface area (Å²) >= 11 is 0. The Morgan fingerprint density at radius 3 is 2.17 bits per heavy atom. The van der Waals surface area contributed by atoms with E-state index in [-0.39, 0.29) is 10.8 Å². The number of imidazole rings is 1. The first-order chi connectivity index (χ1) is 22.2. The Balaban J connectivity index is 1.53. The van der Waals surface area contributed by atoms with Crippen molar-refractivity contribution in [1.82, 2.24) is 14.5 Å². The SMILES string of the molecule is [2H]C1(c2cc3oc4c(-c5nc6ccccc6n5-c5c(C(C)C)cccc5C(C)C)cccc4c3c(C(C)(C)C)n2)CCC(C)(C)CC1. The van der Waals surface area contributed by atoms with Gasteiger partial charge in [-0.1, -0.05) is 105 Å². The highest BCUT2D eigenvalue weighted by atomic mass is 16.3. The molecule has 3 aromatic carbocycles. The van der Waals surface area contributed by atoms with Gasteiger partial charge in [0.25, 0.3) is 0 Å². The first-order valence-corrected chi connectivity index (χ1v) is 17.2. The molecule has 0 aliphatic heterocycles. The number of nitrogens with zero attached hydrogens (tertiary/aromatic N) is 3. The van der Waals surface area contributed by atoms with Gasteiger partial charge in [0.1, 0.15) is 17.0 Å². The van der Waals surface area contributed by atoms with E-state index in [1.165, 1.54) is 16.8 Å². The summed E-state index contributed by atoms with van der Waals surface area (Å²) in [4.78, 5) is 10.7. The van der Waals surface area contributed by atoms with Gasteiger partial charge in [-0.2, -0.15) is 0 Å². The lowest BCUT2D eigenvalue weighted by molar-refractivity contribution is 0.222. The third kappa shape index (κ3) is 5.14. The van der Waals surface area contributed by atoms with E-state index in [2.05, 4.69) is 134 Å². The fourth-order valence-corrected chi connectivity index (χ4v) is 7.40. The number of benzene rings is 3. The zero-order valence-corrected chi connectivity index (χ0v) is 29.1. The molecule has 6 aromatic rings. The Morgan fingerprint density at radius 2 is 1.52 bits per heavy atom. The quantitative estimate of drug-likeness (QED) is 0.194. The third-order valence-electron chi connectivity index (χ3n) is 10.1. The van der Waals surface area contributed by atoms with Gasteiger partial charge in [0.15, 0.2) is 0 Å². The molecule has 0 saturated heterocycles. The molecule has 3 aromatic heterocycles. The van der Waals surface area contributed by atoms with Crippen LogP contribution in [0.3, 0.4) is 0 Å². The predicted octanol–water partition coefficient (Wildman–Crippen LogP) is 12.2. The van der Waals surface area contributed by atoms with Gasteiger partial charge in [-0.15, -0.1) is 0 Å². The molecule has 3 heterocycles. The molecule has 4 heteroatoms. The summed E-state index contributed by atoms with van der Waals surface area (Å²) in [6.45, 7) is 20.4. The topological polar surface area (TPSA) is 43.9 Å². The molecule has 4 nitrogen and oxygen atoms in total. The monoisotopic (exact) mass is 612 g/mol. The number of pyridine rings is 1. The minimum atomic E-state index is -0.715. The number of para-hydroxylation sites is 4. The average Bonchev–Trinajstić information content (AvgIpc) is 3.59. The van der Waals surface area contributed by atoms with Gasteiger partial charge in [0, 0.05) is 29.8 Å². The van der Waals surface area contributed by atoms with Crippen LogP contribution in [0.25, 0.3) is 50.0 Å². The summed E-state index contributed by atoms with van der Waals surface area (Å²) in [5, 5.41) is 2.09. The zero-order valence-electron chi connectivity index (χ0n) is 30.1. The maximum absolute atomic E-state index is 9.60. The van der Waals surface area contributed by atoms with Gasteiger partial charge in [-0.3, -0.25) is 9.55 Å². The lowest BCUT2D eigenvalue weighted by Crippen LogP contribution is -2.22. The van der Waals surface area contributed by atoms with Gasteiger partial charge in [0.2, 0.25) is 0 Å². The minimum Gasteiger partial charge on any atom is -0.455 e. The fraction of sp³-hybridized carbons (Fsp3) is 0.429. The molecule has 0 atom stereocenters. The van der Waals surface area contributed by atoms with Crippen LogP contribution in [0.5, 0.6) is 0 Å². The van der Waals surface area contributed by atoms with Crippen LogP contribution in [-0.2, 0) is 5.41 Å². The molecule has 1 fully saturated rings. The average molecular weight is 613 g/mol. The molecule has 0 amide bonds. The van der Waals surface area contributed by atoms with Crippen LogP contribution in [0.4, 0.5) is 0 Å². The molecule has 1 saturated carbocycles. The normalized spacial score (nSPS) is 17.1. The van der Waals surface area contributed by atoms with Crippen LogP contribution < -0.4 is 0 Å². The number of fused-ring (bicyclic) bond motifs is 4. The van der Waals surface area contributed by atoms with Crippen LogP contribution in [0.1, 0.15) is 130 Å². The van der Waals surface area contributed by atoms with E-state index in [0.29, 0.717) is 11.8 Å². The molecule has 0 unspecified atom stereocenters. The first-order valence-electron chi connectivity index (χ1n) is 17.7. The third-order valence-corrected chi connectivity index (χ3v) is 10.1. The molecule has 0 N–H and O–H groups in total. The maximum atomic E-state index is 9.60. The van der Waals surface area contributed by atoms with Crippen LogP contribution >= 0.6 is 0 Å². The summed E-state index contributed by atoms with van der Waals surface area (Å²) in [5.74, 6) is 0.831. The van der Waals surface area contributed by atoms with E-state index in [0.717, 1.165) is 81.4 Å². The number of hydrogen-bond donors (Lipinski definition) is 0. The van der Waals surface area contributed by atoms with Crippen molar-refractivity contribution in [2.24, 2.45) is 5.41 Å². The van der Waals surface area contributed by atoms with E-state index in [1.54, 1.807) is 0 Å². The molecule has 46 heavy (non-hydrogen) atoms. The molecule has 1 aliphatic rings. The highest BCUT2D eigenvalue weighted by molar-refractivity contribution is 6.11. The van der Waals surface area contributed by atoms with Gasteiger partial charge >= 0.3 is 0 Å². The summed E-state index contributed by atoms with van der Waals surface area (Å²) < 4.78 is 18.9. The molecule has 7 rings (SSSR count). The van der Waals surface area contributed by atoms with Crippen molar-refractivity contribution in [2.45, 2.75) is 111 Å². The van der Waals surface area contributed by atoms with E-state index in [9.17, 15) is 1.37 Å². The van der Waals surface area contributed by atoms with E-state index in [1.807, 2.05) is 0 Å². The van der Waals surface area contributed by atoms with Crippen molar-refractivity contribution in [1.29, 1.82) is 0 Å². The summed E-state index contributed by atoms with van der Waals surface area (Å²) in [5.41, 5.74) is 10.3. The number of aromatic nitrogens is 3. The van der Waals surface area contributed by atoms with Crippen molar-refractivity contribution in [3.8, 4) is 17.1 Å². The highest BCUT2D eigenvalue weighted by Crippen LogP contribution is 2.46. The van der Waals surface area contributed by atoms with Crippen molar-refractivity contribution < 1.29 is 5.79 Å². The van der Waals surface area contributed by atoms with Crippen molar-refractivity contribution in [3.63, 3.8) is 0 Å². The fourth-order valence-electron chi connectivity index (χ4n) is 7.40. The van der Waals surface area contributed by atoms with Crippen molar-refractivity contribution >= 4 is 33.0 Å². The summed E-state index contributed by atoms with van der Waals surface area (Å²) in [7, 11) is 0. The minimum absolute atomic E-state index is 0.235. The number of hydrogen-bond acceptors (Lipinski definition) is 3. The Labute approximate surface area is 275 Å². The van der Waals surface area contributed by atoms with E-state index in [4.69, 9.17) is 14.4 Å².